The van der Waals surface area contributed by atoms with Crippen molar-refractivity contribution in [3.63, 3.8) is 0 Å². The van der Waals surface area contributed by atoms with Gasteiger partial charge in [0.1, 0.15) is 0 Å². The SMILES string of the molecule is NC1CNCC1c1ccc2c(c1)CCC2. The molecular weight excluding hydrogens is 184 g/mol. The molecule has 0 bridgehead atoms. The molecule has 0 aromatic heterocycles. The number of rotatable bonds is 1. The summed E-state index contributed by atoms with van der Waals surface area (Å²) in [5, 5.41) is 3.36. The fourth-order valence-corrected chi connectivity index (χ4v) is 2.89. The van der Waals surface area contributed by atoms with Gasteiger partial charge in [0, 0.05) is 25.0 Å². The predicted molar refractivity (Wildman–Crippen MR) is 62.1 cm³/mol. The maximum absolute atomic E-state index is 6.09. The van der Waals surface area contributed by atoms with Crippen LogP contribution in [-0.2, 0) is 12.8 Å². The van der Waals surface area contributed by atoms with E-state index in [0.717, 1.165) is 13.1 Å². The molecule has 1 saturated heterocycles. The lowest BCUT2D eigenvalue weighted by atomic mass is 9.92. The lowest BCUT2D eigenvalue weighted by molar-refractivity contribution is 0.653. The van der Waals surface area contributed by atoms with Crippen molar-refractivity contribution in [2.24, 2.45) is 5.73 Å². The van der Waals surface area contributed by atoms with Crippen molar-refractivity contribution < 1.29 is 0 Å². The summed E-state index contributed by atoms with van der Waals surface area (Å²) >= 11 is 0. The largest absolute Gasteiger partial charge is 0.326 e. The van der Waals surface area contributed by atoms with Crippen LogP contribution in [0.5, 0.6) is 0 Å². The molecule has 1 aliphatic carbocycles. The van der Waals surface area contributed by atoms with Crippen molar-refractivity contribution in [3.05, 3.63) is 34.9 Å². The molecule has 1 aliphatic heterocycles. The number of aryl methyl sites for hydroxylation is 2. The van der Waals surface area contributed by atoms with Gasteiger partial charge >= 0.3 is 0 Å². The second kappa shape index (κ2) is 3.62. The fraction of sp³-hybridized carbons (Fsp3) is 0.538. The van der Waals surface area contributed by atoms with Crippen LogP contribution in [-0.4, -0.2) is 19.1 Å². The molecule has 1 heterocycles. The van der Waals surface area contributed by atoms with Crippen LogP contribution in [0.2, 0.25) is 0 Å². The van der Waals surface area contributed by atoms with Gasteiger partial charge in [0.15, 0.2) is 0 Å². The summed E-state index contributed by atoms with van der Waals surface area (Å²) in [4.78, 5) is 0. The topological polar surface area (TPSA) is 38.0 Å². The monoisotopic (exact) mass is 202 g/mol. The number of nitrogens with one attached hydrogen (secondary N) is 1. The summed E-state index contributed by atoms with van der Waals surface area (Å²) in [5.41, 5.74) is 10.6. The highest BCUT2D eigenvalue weighted by molar-refractivity contribution is 5.37. The van der Waals surface area contributed by atoms with Gasteiger partial charge < -0.3 is 11.1 Å². The van der Waals surface area contributed by atoms with Crippen LogP contribution in [0.25, 0.3) is 0 Å². The van der Waals surface area contributed by atoms with E-state index in [0.29, 0.717) is 12.0 Å². The van der Waals surface area contributed by atoms with Crippen LogP contribution in [0.1, 0.15) is 29.0 Å². The first kappa shape index (κ1) is 9.37. The molecule has 0 radical (unpaired) electrons. The van der Waals surface area contributed by atoms with E-state index < -0.39 is 0 Å². The Labute approximate surface area is 90.9 Å². The zero-order valence-corrected chi connectivity index (χ0v) is 9.00. The van der Waals surface area contributed by atoms with Crippen LogP contribution in [0.4, 0.5) is 0 Å². The first-order valence-corrected chi connectivity index (χ1v) is 5.92. The van der Waals surface area contributed by atoms with E-state index in [1.165, 1.54) is 24.8 Å². The normalized spacial score (nSPS) is 29.4. The lowest BCUT2D eigenvalue weighted by Crippen LogP contribution is -2.27. The van der Waals surface area contributed by atoms with Gasteiger partial charge in [-0.05, 0) is 36.0 Å². The lowest BCUT2D eigenvalue weighted by Gasteiger charge is -2.15. The fourth-order valence-electron chi connectivity index (χ4n) is 2.89. The molecule has 80 valence electrons. The van der Waals surface area contributed by atoms with Crippen molar-refractivity contribution in [1.82, 2.24) is 5.32 Å². The molecule has 3 N–H and O–H groups in total. The van der Waals surface area contributed by atoms with Crippen molar-refractivity contribution >= 4 is 0 Å². The Hall–Kier alpha value is -0.860. The number of fused-ring (bicyclic) bond motifs is 1. The second-order valence-corrected chi connectivity index (χ2v) is 4.81. The van der Waals surface area contributed by atoms with Gasteiger partial charge in [-0.15, -0.1) is 0 Å². The molecule has 3 rings (SSSR count). The third-order valence-electron chi connectivity index (χ3n) is 3.81. The summed E-state index contributed by atoms with van der Waals surface area (Å²) in [5.74, 6) is 0.524. The van der Waals surface area contributed by atoms with Crippen LogP contribution < -0.4 is 11.1 Å². The Morgan fingerprint density at radius 2 is 2.00 bits per heavy atom. The van der Waals surface area contributed by atoms with Gasteiger partial charge in [-0.25, -0.2) is 0 Å². The zero-order chi connectivity index (χ0) is 10.3. The minimum absolute atomic E-state index is 0.296. The van der Waals surface area contributed by atoms with Crippen LogP contribution in [0.3, 0.4) is 0 Å². The second-order valence-electron chi connectivity index (χ2n) is 4.81. The third kappa shape index (κ3) is 1.58. The minimum atomic E-state index is 0.296. The van der Waals surface area contributed by atoms with Crippen molar-refractivity contribution in [3.8, 4) is 0 Å². The molecule has 1 fully saturated rings. The van der Waals surface area contributed by atoms with E-state index in [4.69, 9.17) is 5.73 Å². The molecule has 2 aliphatic rings. The Morgan fingerprint density at radius 3 is 2.80 bits per heavy atom. The molecule has 0 spiro atoms. The van der Waals surface area contributed by atoms with Gasteiger partial charge in [-0.3, -0.25) is 0 Å². The molecule has 2 atom stereocenters. The summed E-state index contributed by atoms with van der Waals surface area (Å²) in [6.07, 6.45) is 3.86. The molecule has 2 unspecified atom stereocenters. The molecule has 0 amide bonds. The zero-order valence-electron chi connectivity index (χ0n) is 9.00. The maximum Gasteiger partial charge on any atom is 0.0247 e. The Bertz CT molecular complexity index is 373. The summed E-state index contributed by atoms with van der Waals surface area (Å²) in [6, 6.07) is 7.27. The van der Waals surface area contributed by atoms with E-state index in [1.807, 2.05) is 0 Å². The highest BCUT2D eigenvalue weighted by Crippen LogP contribution is 2.28. The number of hydrogen-bond donors (Lipinski definition) is 2. The van der Waals surface area contributed by atoms with Crippen molar-refractivity contribution in [2.45, 2.75) is 31.2 Å². The molecule has 1 aromatic rings. The average Bonchev–Trinajstić information content (AvgIpc) is 2.84. The van der Waals surface area contributed by atoms with Gasteiger partial charge in [-0.2, -0.15) is 0 Å². The maximum atomic E-state index is 6.09. The smallest absolute Gasteiger partial charge is 0.0247 e. The van der Waals surface area contributed by atoms with E-state index in [9.17, 15) is 0 Å². The first-order valence-electron chi connectivity index (χ1n) is 5.92. The predicted octanol–water partition coefficient (Wildman–Crippen LogP) is 1.19. The van der Waals surface area contributed by atoms with E-state index in [-0.39, 0.29) is 0 Å². The number of nitrogens with two attached hydrogens (primary N) is 1. The highest BCUT2D eigenvalue weighted by atomic mass is 15.0. The number of hydrogen-bond acceptors (Lipinski definition) is 2. The molecule has 1 aromatic carbocycles. The van der Waals surface area contributed by atoms with Crippen molar-refractivity contribution in [1.29, 1.82) is 0 Å². The molecule has 2 nitrogen and oxygen atoms in total. The summed E-state index contributed by atoms with van der Waals surface area (Å²) < 4.78 is 0. The van der Waals surface area contributed by atoms with Gasteiger partial charge in [0.05, 0.1) is 0 Å². The van der Waals surface area contributed by atoms with Crippen molar-refractivity contribution in [2.75, 3.05) is 13.1 Å². The van der Waals surface area contributed by atoms with Gasteiger partial charge in [0.2, 0.25) is 0 Å². The summed E-state index contributed by atoms with van der Waals surface area (Å²) in [7, 11) is 0. The minimum Gasteiger partial charge on any atom is -0.326 e. The molecule has 15 heavy (non-hydrogen) atoms. The van der Waals surface area contributed by atoms with Crippen LogP contribution in [0, 0.1) is 0 Å². The summed E-state index contributed by atoms with van der Waals surface area (Å²) in [6.45, 7) is 2.00. The Morgan fingerprint density at radius 1 is 1.13 bits per heavy atom. The molecular formula is C13H18N2. The quantitative estimate of drug-likeness (QED) is 0.718. The van der Waals surface area contributed by atoms with Gasteiger partial charge in [-0.1, -0.05) is 18.2 Å². The molecule has 0 saturated carbocycles. The van der Waals surface area contributed by atoms with E-state index in [1.54, 1.807) is 11.1 Å². The highest BCUT2D eigenvalue weighted by Gasteiger charge is 2.25. The standard InChI is InChI=1S/C13H18N2/c14-13-8-15-7-12(13)11-5-4-9-2-1-3-10(9)6-11/h4-6,12-13,15H,1-3,7-8,14H2. The average molecular weight is 202 g/mol. The number of benzene rings is 1. The van der Waals surface area contributed by atoms with Gasteiger partial charge in [0.25, 0.3) is 0 Å². The van der Waals surface area contributed by atoms with E-state index in [2.05, 4.69) is 23.5 Å². The van der Waals surface area contributed by atoms with Crippen LogP contribution in [0.15, 0.2) is 18.2 Å². The third-order valence-corrected chi connectivity index (χ3v) is 3.81. The van der Waals surface area contributed by atoms with Crippen LogP contribution >= 0.6 is 0 Å². The Balaban J connectivity index is 1.92. The first-order chi connectivity index (χ1) is 7.34. The van der Waals surface area contributed by atoms with E-state index >= 15 is 0 Å². The Kier molecular flexibility index (Phi) is 2.26. The molecule has 2 heteroatoms.